The van der Waals surface area contributed by atoms with Gasteiger partial charge in [-0.3, -0.25) is 4.98 Å². The van der Waals surface area contributed by atoms with Gasteiger partial charge in [0, 0.05) is 36.0 Å². The fourth-order valence-corrected chi connectivity index (χ4v) is 2.51. The number of fused-ring (bicyclic) bond motifs is 1. The van der Waals surface area contributed by atoms with E-state index in [4.69, 9.17) is 4.74 Å². The van der Waals surface area contributed by atoms with Crippen molar-refractivity contribution in [2.45, 2.75) is 6.04 Å². The summed E-state index contributed by atoms with van der Waals surface area (Å²) in [5, 5.41) is 5.89. The van der Waals surface area contributed by atoms with Crippen LogP contribution in [0.1, 0.15) is 11.6 Å². The van der Waals surface area contributed by atoms with Gasteiger partial charge in [-0.15, -0.1) is 0 Å². The van der Waals surface area contributed by atoms with Gasteiger partial charge in [0.2, 0.25) is 0 Å². The highest BCUT2D eigenvalue weighted by atomic mass is 16.5. The third-order valence-electron chi connectivity index (χ3n) is 3.55. The molecule has 3 rings (SSSR count). The topological polar surface area (TPSA) is 34.1 Å². The molecule has 0 saturated heterocycles. The predicted octanol–water partition coefficient (Wildman–Crippen LogP) is 4.03. The SMILES string of the molecule is COCC(Nc1cccc2cnccc12)c1ccccc1. The van der Waals surface area contributed by atoms with Gasteiger partial charge in [-0.05, 0) is 17.7 Å². The highest BCUT2D eigenvalue weighted by molar-refractivity contribution is 5.93. The van der Waals surface area contributed by atoms with Crippen LogP contribution in [-0.2, 0) is 4.74 Å². The smallest absolute Gasteiger partial charge is 0.0747 e. The molecule has 3 nitrogen and oxygen atoms in total. The second-order valence-corrected chi connectivity index (χ2v) is 4.97. The minimum atomic E-state index is 0.120. The average molecular weight is 278 g/mol. The van der Waals surface area contributed by atoms with Crippen LogP contribution in [0.3, 0.4) is 0 Å². The summed E-state index contributed by atoms with van der Waals surface area (Å²) in [6, 6.07) is 18.7. The molecule has 106 valence electrons. The lowest BCUT2D eigenvalue weighted by Gasteiger charge is -2.20. The number of hydrogen-bond acceptors (Lipinski definition) is 3. The maximum Gasteiger partial charge on any atom is 0.0747 e. The molecule has 0 amide bonds. The van der Waals surface area contributed by atoms with Crippen LogP contribution < -0.4 is 5.32 Å². The molecule has 3 aromatic rings. The van der Waals surface area contributed by atoms with Crippen LogP contribution in [0.2, 0.25) is 0 Å². The van der Waals surface area contributed by atoms with E-state index in [-0.39, 0.29) is 6.04 Å². The summed E-state index contributed by atoms with van der Waals surface area (Å²) < 4.78 is 5.37. The lowest BCUT2D eigenvalue weighted by molar-refractivity contribution is 0.186. The quantitative estimate of drug-likeness (QED) is 0.765. The Kier molecular flexibility index (Phi) is 4.12. The Morgan fingerprint density at radius 2 is 1.90 bits per heavy atom. The molecule has 0 spiro atoms. The van der Waals surface area contributed by atoms with Crippen molar-refractivity contribution in [1.82, 2.24) is 4.98 Å². The molecule has 1 unspecified atom stereocenters. The second-order valence-electron chi connectivity index (χ2n) is 4.97. The van der Waals surface area contributed by atoms with E-state index in [1.165, 1.54) is 10.9 Å². The van der Waals surface area contributed by atoms with Gasteiger partial charge in [-0.1, -0.05) is 42.5 Å². The van der Waals surface area contributed by atoms with Crippen LogP contribution >= 0.6 is 0 Å². The maximum absolute atomic E-state index is 5.37. The van der Waals surface area contributed by atoms with E-state index >= 15 is 0 Å². The van der Waals surface area contributed by atoms with E-state index in [9.17, 15) is 0 Å². The van der Waals surface area contributed by atoms with Crippen LogP contribution in [0.5, 0.6) is 0 Å². The fraction of sp³-hybridized carbons (Fsp3) is 0.167. The van der Waals surface area contributed by atoms with Crippen molar-refractivity contribution < 1.29 is 4.74 Å². The molecule has 0 aliphatic heterocycles. The third kappa shape index (κ3) is 3.03. The summed E-state index contributed by atoms with van der Waals surface area (Å²) >= 11 is 0. The van der Waals surface area contributed by atoms with Crippen molar-refractivity contribution in [3.05, 3.63) is 72.6 Å². The van der Waals surface area contributed by atoms with E-state index in [1.54, 1.807) is 7.11 Å². The van der Waals surface area contributed by atoms with E-state index in [1.807, 2.05) is 42.7 Å². The Hall–Kier alpha value is -2.39. The minimum absolute atomic E-state index is 0.120. The first-order valence-electron chi connectivity index (χ1n) is 7.01. The molecule has 1 atom stereocenters. The number of methoxy groups -OCH3 is 1. The van der Waals surface area contributed by atoms with Crippen molar-refractivity contribution in [3.63, 3.8) is 0 Å². The molecule has 0 fully saturated rings. The Labute approximate surface area is 124 Å². The van der Waals surface area contributed by atoms with Gasteiger partial charge in [-0.2, -0.15) is 0 Å². The lowest BCUT2D eigenvalue weighted by Crippen LogP contribution is -2.16. The van der Waals surface area contributed by atoms with Crippen LogP contribution in [0.25, 0.3) is 10.8 Å². The summed E-state index contributed by atoms with van der Waals surface area (Å²) in [5.41, 5.74) is 2.31. The van der Waals surface area contributed by atoms with Gasteiger partial charge in [0.25, 0.3) is 0 Å². The van der Waals surface area contributed by atoms with E-state index in [0.717, 1.165) is 11.1 Å². The Bertz CT molecular complexity index is 707. The summed E-state index contributed by atoms with van der Waals surface area (Å²) in [5.74, 6) is 0. The number of ether oxygens (including phenoxy) is 1. The Morgan fingerprint density at radius 3 is 2.71 bits per heavy atom. The highest BCUT2D eigenvalue weighted by Crippen LogP contribution is 2.26. The summed E-state index contributed by atoms with van der Waals surface area (Å²) in [7, 11) is 1.73. The average Bonchev–Trinajstić information content (AvgIpc) is 2.55. The third-order valence-corrected chi connectivity index (χ3v) is 3.55. The van der Waals surface area contributed by atoms with Crippen molar-refractivity contribution in [2.75, 3.05) is 19.0 Å². The first-order chi connectivity index (χ1) is 10.4. The van der Waals surface area contributed by atoms with Gasteiger partial charge < -0.3 is 10.1 Å². The molecular formula is C18H18N2O. The molecule has 0 saturated carbocycles. The molecule has 0 radical (unpaired) electrons. The summed E-state index contributed by atoms with van der Waals surface area (Å²) in [6.07, 6.45) is 3.70. The highest BCUT2D eigenvalue weighted by Gasteiger charge is 2.12. The molecule has 1 N–H and O–H groups in total. The molecule has 0 aliphatic rings. The first-order valence-corrected chi connectivity index (χ1v) is 7.01. The van der Waals surface area contributed by atoms with E-state index in [0.29, 0.717) is 6.61 Å². The van der Waals surface area contributed by atoms with Crippen molar-refractivity contribution >= 4 is 16.5 Å². The summed E-state index contributed by atoms with van der Waals surface area (Å²) in [6.45, 7) is 0.617. The monoisotopic (exact) mass is 278 g/mol. The first kappa shape index (κ1) is 13.6. The van der Waals surface area contributed by atoms with Gasteiger partial charge in [0.05, 0.1) is 12.6 Å². The number of benzene rings is 2. The molecule has 3 heteroatoms. The van der Waals surface area contributed by atoms with Crippen LogP contribution in [0.4, 0.5) is 5.69 Å². The number of aromatic nitrogens is 1. The van der Waals surface area contributed by atoms with Gasteiger partial charge >= 0.3 is 0 Å². The second kappa shape index (κ2) is 6.37. The maximum atomic E-state index is 5.37. The zero-order chi connectivity index (χ0) is 14.5. The van der Waals surface area contributed by atoms with Gasteiger partial charge in [-0.25, -0.2) is 0 Å². The number of hydrogen-bond donors (Lipinski definition) is 1. The largest absolute Gasteiger partial charge is 0.382 e. The van der Waals surface area contributed by atoms with Gasteiger partial charge in [0.15, 0.2) is 0 Å². The molecular weight excluding hydrogens is 260 g/mol. The Balaban J connectivity index is 1.95. The van der Waals surface area contributed by atoms with E-state index in [2.05, 4.69) is 34.6 Å². The number of anilines is 1. The van der Waals surface area contributed by atoms with E-state index < -0.39 is 0 Å². The van der Waals surface area contributed by atoms with Crippen LogP contribution in [-0.4, -0.2) is 18.7 Å². The standard InChI is InChI=1S/C18H18N2O/c1-21-13-18(14-6-3-2-4-7-14)20-17-9-5-8-15-12-19-11-10-16(15)17/h2-12,18,20H,13H2,1H3. The minimum Gasteiger partial charge on any atom is -0.382 e. The predicted molar refractivity (Wildman–Crippen MR) is 86.4 cm³/mol. The molecule has 21 heavy (non-hydrogen) atoms. The van der Waals surface area contributed by atoms with Crippen molar-refractivity contribution in [1.29, 1.82) is 0 Å². The number of rotatable bonds is 5. The van der Waals surface area contributed by atoms with Crippen molar-refractivity contribution in [2.24, 2.45) is 0 Å². The van der Waals surface area contributed by atoms with Gasteiger partial charge in [0.1, 0.15) is 0 Å². The molecule has 0 aliphatic carbocycles. The fourth-order valence-electron chi connectivity index (χ4n) is 2.51. The van der Waals surface area contributed by atoms with Crippen LogP contribution in [0, 0.1) is 0 Å². The number of pyridine rings is 1. The molecule has 1 aromatic heterocycles. The zero-order valence-electron chi connectivity index (χ0n) is 12.0. The van der Waals surface area contributed by atoms with Crippen LogP contribution in [0.15, 0.2) is 67.0 Å². The molecule has 0 bridgehead atoms. The van der Waals surface area contributed by atoms with Crippen molar-refractivity contribution in [3.8, 4) is 0 Å². The number of nitrogens with zero attached hydrogens (tertiary/aromatic N) is 1. The Morgan fingerprint density at radius 1 is 1.05 bits per heavy atom. The number of nitrogens with one attached hydrogen (secondary N) is 1. The normalized spacial score (nSPS) is 12.2. The lowest BCUT2D eigenvalue weighted by atomic mass is 10.1. The molecule has 1 heterocycles. The zero-order valence-corrected chi connectivity index (χ0v) is 12.0. The molecule has 2 aromatic carbocycles. The summed E-state index contributed by atoms with van der Waals surface area (Å²) in [4.78, 5) is 4.18.